The number of carbonyl (C=O) groups is 1. The summed E-state index contributed by atoms with van der Waals surface area (Å²) in [6.07, 6.45) is 4.17. The summed E-state index contributed by atoms with van der Waals surface area (Å²) in [7, 11) is 1.42. The molecule has 2 aliphatic rings. The van der Waals surface area contributed by atoms with E-state index < -0.39 is 0 Å². The summed E-state index contributed by atoms with van der Waals surface area (Å²) >= 11 is 0. The molecular formula is C16H21NO3. The highest BCUT2D eigenvalue weighted by molar-refractivity contribution is 5.91. The van der Waals surface area contributed by atoms with Gasteiger partial charge in [-0.05, 0) is 43.9 Å². The van der Waals surface area contributed by atoms with Crippen LogP contribution >= 0.6 is 0 Å². The van der Waals surface area contributed by atoms with Crippen LogP contribution in [0.3, 0.4) is 0 Å². The Kier molecular flexibility index (Phi) is 3.52. The van der Waals surface area contributed by atoms with Gasteiger partial charge in [0.15, 0.2) is 0 Å². The molecule has 0 radical (unpaired) electrons. The lowest BCUT2D eigenvalue weighted by atomic mass is 9.83. The zero-order chi connectivity index (χ0) is 14.2. The van der Waals surface area contributed by atoms with Crippen molar-refractivity contribution in [2.24, 2.45) is 0 Å². The molecule has 2 saturated heterocycles. The molecule has 108 valence electrons. The van der Waals surface area contributed by atoms with Crippen LogP contribution in [-0.2, 0) is 10.3 Å². The average molecular weight is 275 g/mol. The van der Waals surface area contributed by atoms with Crippen LogP contribution in [0.4, 0.5) is 0 Å². The van der Waals surface area contributed by atoms with E-state index in [1.165, 1.54) is 7.11 Å². The molecule has 2 aliphatic heterocycles. The lowest BCUT2D eigenvalue weighted by Crippen LogP contribution is -2.42. The molecule has 0 aliphatic carbocycles. The van der Waals surface area contributed by atoms with Gasteiger partial charge in [0.1, 0.15) is 0 Å². The minimum atomic E-state index is -0.269. The normalized spacial score (nSPS) is 29.4. The van der Waals surface area contributed by atoms with Gasteiger partial charge in [-0.1, -0.05) is 18.2 Å². The van der Waals surface area contributed by atoms with Gasteiger partial charge in [-0.15, -0.1) is 0 Å². The number of rotatable bonds is 3. The van der Waals surface area contributed by atoms with Gasteiger partial charge < -0.3 is 9.84 Å². The van der Waals surface area contributed by atoms with E-state index in [-0.39, 0.29) is 24.2 Å². The van der Waals surface area contributed by atoms with Crippen molar-refractivity contribution in [3.8, 4) is 0 Å². The molecule has 0 spiro atoms. The number of ether oxygens (including phenoxy) is 1. The Morgan fingerprint density at radius 3 is 3.00 bits per heavy atom. The Bertz CT molecular complexity index is 516. The van der Waals surface area contributed by atoms with Crippen molar-refractivity contribution >= 4 is 5.97 Å². The number of esters is 1. The minimum absolute atomic E-state index is 0.0851. The predicted molar refractivity (Wildman–Crippen MR) is 75.5 cm³/mol. The van der Waals surface area contributed by atoms with Crippen molar-refractivity contribution in [3.05, 3.63) is 35.4 Å². The Morgan fingerprint density at radius 2 is 2.25 bits per heavy atom. The third kappa shape index (κ3) is 1.86. The van der Waals surface area contributed by atoms with Crippen LogP contribution in [0.1, 0.15) is 41.6 Å². The summed E-state index contributed by atoms with van der Waals surface area (Å²) in [5, 5.41) is 9.57. The Morgan fingerprint density at radius 1 is 1.45 bits per heavy atom. The molecule has 3 rings (SSSR count). The number of hydrogen-bond donors (Lipinski definition) is 1. The maximum atomic E-state index is 12.0. The van der Waals surface area contributed by atoms with Crippen molar-refractivity contribution in [1.82, 2.24) is 4.90 Å². The molecule has 0 saturated carbocycles. The molecule has 4 nitrogen and oxygen atoms in total. The predicted octanol–water partition coefficient (Wildman–Crippen LogP) is 1.92. The quantitative estimate of drug-likeness (QED) is 0.856. The second-order valence-electron chi connectivity index (χ2n) is 5.74. The number of nitrogens with zero attached hydrogens (tertiary/aromatic N) is 1. The van der Waals surface area contributed by atoms with Gasteiger partial charge in [-0.3, -0.25) is 4.90 Å². The van der Waals surface area contributed by atoms with Gasteiger partial charge in [-0.2, -0.15) is 0 Å². The third-order valence-corrected chi connectivity index (χ3v) is 4.92. The molecule has 1 aromatic carbocycles. The molecule has 2 fully saturated rings. The lowest BCUT2D eigenvalue weighted by Gasteiger charge is -2.36. The third-order valence-electron chi connectivity index (χ3n) is 4.92. The highest BCUT2D eigenvalue weighted by Crippen LogP contribution is 2.50. The second-order valence-corrected chi connectivity index (χ2v) is 5.74. The van der Waals surface area contributed by atoms with Crippen molar-refractivity contribution in [2.75, 3.05) is 20.3 Å². The molecular weight excluding hydrogens is 254 g/mol. The average Bonchev–Trinajstić information content (AvgIpc) is 3.05. The van der Waals surface area contributed by atoms with Crippen LogP contribution < -0.4 is 0 Å². The van der Waals surface area contributed by atoms with Crippen molar-refractivity contribution in [3.63, 3.8) is 0 Å². The van der Waals surface area contributed by atoms with E-state index in [9.17, 15) is 9.90 Å². The monoisotopic (exact) mass is 275 g/mol. The first-order chi connectivity index (χ1) is 9.73. The van der Waals surface area contributed by atoms with Gasteiger partial charge in [-0.25, -0.2) is 4.79 Å². The van der Waals surface area contributed by atoms with Gasteiger partial charge >= 0.3 is 5.97 Å². The van der Waals surface area contributed by atoms with E-state index in [1.807, 2.05) is 24.3 Å². The largest absolute Gasteiger partial charge is 0.465 e. The fourth-order valence-electron chi connectivity index (χ4n) is 4.05. The Balaban J connectivity index is 2.06. The van der Waals surface area contributed by atoms with E-state index in [4.69, 9.17) is 4.74 Å². The van der Waals surface area contributed by atoms with Crippen LogP contribution in [0.25, 0.3) is 0 Å². The lowest BCUT2D eigenvalue weighted by molar-refractivity contribution is 0.0588. The molecule has 0 bridgehead atoms. The van der Waals surface area contributed by atoms with Gasteiger partial charge in [0, 0.05) is 11.6 Å². The summed E-state index contributed by atoms with van der Waals surface area (Å²) in [6.45, 7) is 1.20. The standard InChI is InChI=1S/C16H21NO3/c1-20-15(19)13-5-2-3-6-14(13)16-8-4-10-17(16)12(11-18)7-9-16/h2-3,5-6,12,18H,4,7-11H2,1H3/t12-,16-/m0/s1. The molecule has 20 heavy (non-hydrogen) atoms. The summed E-state index contributed by atoms with van der Waals surface area (Å²) in [5.74, 6) is -0.269. The molecule has 0 unspecified atom stereocenters. The fraction of sp³-hybridized carbons (Fsp3) is 0.562. The van der Waals surface area contributed by atoms with Crippen molar-refractivity contribution < 1.29 is 14.6 Å². The van der Waals surface area contributed by atoms with Gasteiger partial charge in [0.2, 0.25) is 0 Å². The topological polar surface area (TPSA) is 49.8 Å². The number of hydrogen-bond acceptors (Lipinski definition) is 4. The maximum absolute atomic E-state index is 12.0. The zero-order valence-corrected chi connectivity index (χ0v) is 11.8. The number of aliphatic hydroxyl groups excluding tert-OH is 1. The van der Waals surface area contributed by atoms with Crippen LogP contribution in [-0.4, -0.2) is 42.3 Å². The molecule has 4 heteroatoms. The van der Waals surface area contributed by atoms with Crippen LogP contribution in [0, 0.1) is 0 Å². The Hall–Kier alpha value is -1.39. The van der Waals surface area contributed by atoms with Crippen molar-refractivity contribution in [2.45, 2.75) is 37.3 Å². The Labute approximate surface area is 119 Å². The van der Waals surface area contributed by atoms with E-state index in [2.05, 4.69) is 4.90 Å². The highest BCUT2D eigenvalue weighted by Gasteiger charge is 2.51. The molecule has 0 aromatic heterocycles. The summed E-state index contributed by atoms with van der Waals surface area (Å²) in [4.78, 5) is 14.4. The highest BCUT2D eigenvalue weighted by atomic mass is 16.5. The molecule has 1 N–H and O–H groups in total. The molecule has 1 aromatic rings. The number of methoxy groups -OCH3 is 1. The first-order valence-electron chi connectivity index (χ1n) is 7.28. The smallest absolute Gasteiger partial charge is 0.338 e. The number of carbonyl (C=O) groups excluding carboxylic acids is 1. The van der Waals surface area contributed by atoms with Crippen molar-refractivity contribution in [1.29, 1.82) is 0 Å². The van der Waals surface area contributed by atoms with E-state index in [0.717, 1.165) is 37.8 Å². The van der Waals surface area contributed by atoms with Crippen LogP contribution in [0.5, 0.6) is 0 Å². The zero-order valence-electron chi connectivity index (χ0n) is 11.8. The fourth-order valence-corrected chi connectivity index (χ4v) is 4.05. The van der Waals surface area contributed by atoms with E-state index in [1.54, 1.807) is 0 Å². The SMILES string of the molecule is COC(=O)c1ccccc1[C@@]12CCCN1[C@H](CO)CC2. The maximum Gasteiger partial charge on any atom is 0.338 e. The van der Waals surface area contributed by atoms with Crippen LogP contribution in [0.15, 0.2) is 24.3 Å². The van der Waals surface area contributed by atoms with Gasteiger partial charge in [0.25, 0.3) is 0 Å². The number of fused-ring (bicyclic) bond motifs is 1. The first kappa shape index (κ1) is 13.6. The number of benzene rings is 1. The van der Waals surface area contributed by atoms with Crippen LogP contribution in [0.2, 0.25) is 0 Å². The van der Waals surface area contributed by atoms with E-state index >= 15 is 0 Å². The summed E-state index contributed by atoms with van der Waals surface area (Å²) in [6, 6.07) is 7.98. The minimum Gasteiger partial charge on any atom is -0.465 e. The first-order valence-corrected chi connectivity index (χ1v) is 7.28. The van der Waals surface area contributed by atoms with Gasteiger partial charge in [0.05, 0.1) is 19.3 Å². The number of aliphatic hydroxyl groups is 1. The molecule has 2 heterocycles. The summed E-state index contributed by atoms with van der Waals surface area (Å²) < 4.78 is 4.93. The van der Waals surface area contributed by atoms with E-state index in [0.29, 0.717) is 5.56 Å². The second kappa shape index (κ2) is 5.19. The molecule has 2 atom stereocenters. The molecule has 0 amide bonds. The summed E-state index contributed by atoms with van der Waals surface area (Å²) in [5.41, 5.74) is 1.65.